The van der Waals surface area contributed by atoms with E-state index in [1.54, 1.807) is 0 Å². The molecule has 0 saturated carbocycles. The monoisotopic (exact) mass is 1080 g/mol. The average Bonchev–Trinajstić information content (AvgIpc) is 1.22. The summed E-state index contributed by atoms with van der Waals surface area (Å²) in [6.07, 6.45) is 18.8. The average molecular weight is 1080 g/mol. The van der Waals surface area contributed by atoms with Gasteiger partial charge in [-0.25, -0.2) is 0 Å². The molecule has 0 spiro atoms. The molecule has 2 atom stereocenters. The number of rotatable bonds is 12. The minimum Gasteiger partial charge on any atom is -0.338 e. The Labute approximate surface area is 489 Å². The van der Waals surface area contributed by atoms with Crippen molar-refractivity contribution in [3.8, 4) is 17.1 Å². The lowest BCUT2D eigenvalue weighted by molar-refractivity contribution is 0.670. The summed E-state index contributed by atoms with van der Waals surface area (Å²) in [7, 11) is 0. The van der Waals surface area contributed by atoms with Gasteiger partial charge in [0.2, 0.25) is 0 Å². The number of nitrogens with zero attached hydrogens (tertiary/aromatic N) is 6. The second-order valence-electron chi connectivity index (χ2n) is 23.3. The molecule has 0 amide bonds. The van der Waals surface area contributed by atoms with Crippen molar-refractivity contribution in [2.24, 2.45) is 5.92 Å². The zero-order valence-electron chi connectivity index (χ0n) is 47.6. The van der Waals surface area contributed by atoms with Crippen LogP contribution in [-0.4, -0.2) is 19.7 Å². The summed E-state index contributed by atoms with van der Waals surface area (Å²) in [4.78, 5) is 7.74. The molecule has 1 aliphatic carbocycles. The summed E-state index contributed by atoms with van der Waals surface area (Å²) < 4.78 is 7.13. The third-order valence-electron chi connectivity index (χ3n) is 17.9. The highest BCUT2D eigenvalue weighted by Crippen LogP contribution is 2.55. The van der Waals surface area contributed by atoms with E-state index in [9.17, 15) is 0 Å². The van der Waals surface area contributed by atoms with E-state index in [2.05, 4.69) is 336 Å². The standard InChI is InChI=1S/C78H62N6/c1-51(2)65-45-71(83(73-47-79(53-25-9-5-10-26-53)67-37-21-17-33-59(67)73)74-48-80(54-27-11-6-12-28-54)68-38-22-18-34-60(68)74)63-44-42-58-66(52(3)4)46-72(64-43-41-57(65)77(63)78(58)64)84(75-49-81(55-29-13-7-14-30-55)69-39-23-19-35-61(69)75)76-50-82(56-31-15-8-16-32-56)70-40-24-20-36-62(70)76/h5-52,59,67H,1-4H3. The Morgan fingerprint density at radius 3 is 1.12 bits per heavy atom. The maximum absolute atomic E-state index is 2.65. The van der Waals surface area contributed by atoms with E-state index in [0.29, 0.717) is 0 Å². The molecular formula is C78H62N6. The van der Waals surface area contributed by atoms with Gasteiger partial charge in [0.15, 0.2) is 0 Å². The van der Waals surface area contributed by atoms with Crippen LogP contribution >= 0.6 is 0 Å². The van der Waals surface area contributed by atoms with Gasteiger partial charge in [0.25, 0.3) is 0 Å². The minimum absolute atomic E-state index is 0.0545. The van der Waals surface area contributed by atoms with Crippen molar-refractivity contribution in [3.05, 3.63) is 296 Å². The van der Waals surface area contributed by atoms with Crippen LogP contribution in [0.2, 0.25) is 0 Å². The van der Waals surface area contributed by atoms with Gasteiger partial charge < -0.3 is 28.4 Å². The third-order valence-corrected chi connectivity index (χ3v) is 17.9. The fraction of sp³-hybridized carbons (Fsp3) is 0.103. The van der Waals surface area contributed by atoms with Crippen LogP contribution in [-0.2, 0) is 0 Å². The molecule has 11 aromatic carbocycles. The Hall–Kier alpha value is -10.3. The number of benzene rings is 11. The molecule has 6 heteroatoms. The minimum atomic E-state index is 0.0545. The lowest BCUT2D eigenvalue weighted by atomic mass is 9.83. The number of hydrogen-bond donors (Lipinski definition) is 0. The zero-order chi connectivity index (χ0) is 56.2. The first-order valence-corrected chi connectivity index (χ1v) is 29.6. The predicted molar refractivity (Wildman–Crippen MR) is 355 cm³/mol. The Kier molecular flexibility index (Phi) is 11.6. The number of allylic oxidation sites excluding steroid dienone is 2. The summed E-state index contributed by atoms with van der Waals surface area (Å²) in [6.45, 7) is 9.48. The molecule has 6 nitrogen and oxygen atoms in total. The van der Waals surface area contributed by atoms with Crippen LogP contribution in [0.5, 0.6) is 0 Å². The molecule has 84 heavy (non-hydrogen) atoms. The second-order valence-corrected chi connectivity index (χ2v) is 23.3. The number of fused-ring (bicyclic) bond motifs is 4. The summed E-state index contributed by atoms with van der Waals surface area (Å²) in [5.41, 5.74) is 17.5. The third kappa shape index (κ3) is 7.70. The van der Waals surface area contributed by atoms with E-state index in [1.807, 2.05) is 0 Å². The van der Waals surface area contributed by atoms with Crippen LogP contribution in [0.25, 0.3) is 82.1 Å². The Morgan fingerprint density at radius 2 is 0.690 bits per heavy atom. The van der Waals surface area contributed by atoms with Gasteiger partial charge in [-0.1, -0.05) is 204 Å². The van der Waals surface area contributed by atoms with Crippen LogP contribution in [0.4, 0.5) is 34.1 Å². The quantitative estimate of drug-likeness (QED) is 0.114. The summed E-state index contributed by atoms with van der Waals surface area (Å²) >= 11 is 0. The van der Waals surface area contributed by atoms with Gasteiger partial charge >= 0.3 is 0 Å². The maximum atomic E-state index is 2.65. The van der Waals surface area contributed by atoms with Crippen LogP contribution in [0.3, 0.4) is 0 Å². The van der Waals surface area contributed by atoms with E-state index in [-0.39, 0.29) is 23.8 Å². The van der Waals surface area contributed by atoms with Gasteiger partial charge in [-0.05, 0) is 123 Å². The van der Waals surface area contributed by atoms with Crippen molar-refractivity contribution in [3.63, 3.8) is 0 Å². The predicted octanol–water partition coefficient (Wildman–Crippen LogP) is 20.7. The van der Waals surface area contributed by atoms with Crippen molar-refractivity contribution in [1.29, 1.82) is 0 Å². The van der Waals surface area contributed by atoms with Gasteiger partial charge in [0.05, 0.1) is 51.0 Å². The van der Waals surface area contributed by atoms with E-state index in [0.717, 1.165) is 56.4 Å². The molecule has 2 aliphatic rings. The molecule has 0 bridgehead atoms. The summed E-state index contributed by atoms with van der Waals surface area (Å²) in [5, 5.41) is 11.1. The van der Waals surface area contributed by atoms with Crippen molar-refractivity contribution in [2.45, 2.75) is 45.6 Å². The largest absolute Gasteiger partial charge is 0.338 e. The van der Waals surface area contributed by atoms with Crippen molar-refractivity contribution >= 4 is 99.2 Å². The lowest BCUT2D eigenvalue weighted by Crippen LogP contribution is -2.32. The Balaban J connectivity index is 1.03. The molecule has 404 valence electrons. The van der Waals surface area contributed by atoms with Gasteiger partial charge in [0.1, 0.15) is 0 Å². The van der Waals surface area contributed by atoms with E-state index in [4.69, 9.17) is 0 Å². The smallest absolute Gasteiger partial charge is 0.0722 e. The second kappa shape index (κ2) is 19.7. The van der Waals surface area contributed by atoms with Crippen LogP contribution in [0, 0.1) is 5.92 Å². The van der Waals surface area contributed by atoms with Gasteiger partial charge in [-0.2, -0.15) is 0 Å². The fourth-order valence-electron chi connectivity index (χ4n) is 14.1. The molecule has 2 unspecified atom stereocenters. The van der Waals surface area contributed by atoms with Crippen molar-refractivity contribution < 1.29 is 0 Å². The summed E-state index contributed by atoms with van der Waals surface area (Å²) in [6, 6.07) is 85.1. The van der Waals surface area contributed by atoms with Crippen LogP contribution in [0.1, 0.15) is 50.7 Å². The molecule has 16 rings (SSSR count). The molecule has 14 aromatic rings. The molecular weight excluding hydrogens is 1020 g/mol. The molecule has 3 aromatic heterocycles. The lowest BCUT2D eigenvalue weighted by Gasteiger charge is -2.33. The molecule has 0 radical (unpaired) electrons. The van der Waals surface area contributed by atoms with Crippen molar-refractivity contribution in [1.82, 2.24) is 13.7 Å². The SMILES string of the molecule is CC(C)c1cc(N(C2=CN(c3ccccc3)C3C=CC=CC23)c2cn(-c3ccccc3)c3ccccc23)c2ccc3c(C(C)C)cc(N(c4cn(-c5ccccc5)c5ccccc45)c4cn(-c5ccccc5)c5ccccc45)c4ccc1c2c34. The first-order chi connectivity index (χ1) is 41.4. The molecule has 4 heterocycles. The Morgan fingerprint density at radius 1 is 0.333 bits per heavy atom. The fourth-order valence-corrected chi connectivity index (χ4v) is 14.1. The van der Waals surface area contributed by atoms with Gasteiger partial charge in [-0.3, -0.25) is 0 Å². The molecule has 0 N–H and O–H groups in total. The highest BCUT2D eigenvalue weighted by atomic mass is 15.3. The van der Waals surface area contributed by atoms with E-state index >= 15 is 0 Å². The molecule has 0 saturated heterocycles. The van der Waals surface area contributed by atoms with Crippen LogP contribution < -0.4 is 14.7 Å². The first kappa shape index (κ1) is 49.5. The number of anilines is 6. The number of para-hydroxylation sites is 7. The van der Waals surface area contributed by atoms with E-state index in [1.165, 1.54) is 76.7 Å². The van der Waals surface area contributed by atoms with Gasteiger partial charge in [-0.15, -0.1) is 0 Å². The maximum Gasteiger partial charge on any atom is 0.0722 e. The van der Waals surface area contributed by atoms with Crippen molar-refractivity contribution in [2.75, 3.05) is 14.7 Å². The van der Waals surface area contributed by atoms with Crippen LogP contribution in [0.15, 0.2) is 285 Å². The highest BCUT2D eigenvalue weighted by Gasteiger charge is 2.39. The topological polar surface area (TPSA) is 24.5 Å². The molecule has 1 aliphatic heterocycles. The zero-order valence-corrected chi connectivity index (χ0v) is 47.6. The summed E-state index contributed by atoms with van der Waals surface area (Å²) in [5.74, 6) is 0.462. The Bertz CT molecular complexity index is 4810. The highest BCUT2D eigenvalue weighted by molar-refractivity contribution is 6.30. The molecule has 0 fully saturated rings. The van der Waals surface area contributed by atoms with Gasteiger partial charge in [0, 0.05) is 86.1 Å². The number of hydrogen-bond acceptors (Lipinski definition) is 3. The van der Waals surface area contributed by atoms with E-state index < -0.39 is 0 Å². The number of aromatic nitrogens is 3. The normalized spacial score (nSPS) is 15.1. The first-order valence-electron chi connectivity index (χ1n) is 29.6.